The van der Waals surface area contributed by atoms with Gasteiger partial charge in [-0.3, -0.25) is 4.79 Å². The lowest BCUT2D eigenvalue weighted by atomic mass is 9.74. The number of carboxylic acid groups (broad SMARTS) is 1. The van der Waals surface area contributed by atoms with E-state index in [1.807, 2.05) is 0 Å². The Hall–Kier alpha value is -0.940. The summed E-state index contributed by atoms with van der Waals surface area (Å²) in [7, 11) is 0. The van der Waals surface area contributed by atoms with Gasteiger partial charge in [-0.05, 0) is 25.7 Å². The van der Waals surface area contributed by atoms with Gasteiger partial charge >= 0.3 is 5.97 Å². The summed E-state index contributed by atoms with van der Waals surface area (Å²) in [5.74, 6) is -0.934. The highest BCUT2D eigenvalue weighted by molar-refractivity contribution is 5.84. The van der Waals surface area contributed by atoms with E-state index in [4.69, 9.17) is 9.84 Å². The molecule has 2 rings (SSSR count). The van der Waals surface area contributed by atoms with Gasteiger partial charge in [0, 0.05) is 18.3 Å². The molecule has 3 atom stereocenters. The molecule has 0 aliphatic heterocycles. The molecule has 2 aliphatic carbocycles. The van der Waals surface area contributed by atoms with E-state index in [0.29, 0.717) is 19.3 Å². The zero-order chi connectivity index (χ0) is 14.5. The number of rotatable bonds is 5. The van der Waals surface area contributed by atoms with E-state index in [9.17, 15) is 14.7 Å². The average Bonchev–Trinajstić information content (AvgIpc) is 2.45. The number of carbonyl (C=O) groups excluding carboxylic acids is 1. The molecule has 0 saturated heterocycles. The average molecular weight is 284 g/mol. The second-order valence-electron chi connectivity index (χ2n) is 6.05. The molecule has 114 valence electrons. The SMILES string of the molecule is O=C(O)COC1CCC(C(=O)C2CCCCC2)C(O)C1. The Labute approximate surface area is 119 Å². The fourth-order valence-electron chi connectivity index (χ4n) is 3.47. The van der Waals surface area contributed by atoms with Crippen molar-refractivity contribution < 1.29 is 24.5 Å². The van der Waals surface area contributed by atoms with Gasteiger partial charge in [-0.2, -0.15) is 0 Å². The molecule has 5 nitrogen and oxygen atoms in total. The Morgan fingerprint density at radius 3 is 2.35 bits per heavy atom. The zero-order valence-electron chi connectivity index (χ0n) is 11.8. The van der Waals surface area contributed by atoms with Crippen molar-refractivity contribution in [3.8, 4) is 0 Å². The van der Waals surface area contributed by atoms with Gasteiger partial charge in [-0.15, -0.1) is 0 Å². The van der Waals surface area contributed by atoms with E-state index in [0.717, 1.165) is 25.7 Å². The number of Topliss-reactive ketones (excluding diaryl/α,β-unsaturated/α-hetero) is 1. The van der Waals surface area contributed by atoms with Crippen LogP contribution in [0, 0.1) is 11.8 Å². The third-order valence-corrected chi connectivity index (χ3v) is 4.58. The molecule has 2 aliphatic rings. The van der Waals surface area contributed by atoms with E-state index >= 15 is 0 Å². The predicted octanol–water partition coefficient (Wildman–Crippen LogP) is 1.77. The Morgan fingerprint density at radius 1 is 1.05 bits per heavy atom. The Kier molecular flexibility index (Phi) is 5.54. The molecule has 0 radical (unpaired) electrons. The molecule has 2 fully saturated rings. The van der Waals surface area contributed by atoms with Crippen LogP contribution in [0.2, 0.25) is 0 Å². The summed E-state index contributed by atoms with van der Waals surface area (Å²) in [4.78, 5) is 22.9. The smallest absolute Gasteiger partial charge is 0.329 e. The molecule has 20 heavy (non-hydrogen) atoms. The van der Waals surface area contributed by atoms with Crippen LogP contribution in [-0.2, 0) is 14.3 Å². The molecule has 0 spiro atoms. The van der Waals surface area contributed by atoms with Crippen LogP contribution in [0.25, 0.3) is 0 Å². The summed E-state index contributed by atoms with van der Waals surface area (Å²) in [6, 6.07) is 0. The number of hydrogen-bond acceptors (Lipinski definition) is 4. The first-order valence-corrected chi connectivity index (χ1v) is 7.63. The fraction of sp³-hybridized carbons (Fsp3) is 0.867. The second kappa shape index (κ2) is 7.18. The quantitative estimate of drug-likeness (QED) is 0.803. The molecule has 0 amide bonds. The summed E-state index contributed by atoms with van der Waals surface area (Å²) in [6.45, 7) is -0.335. The molecule has 0 aromatic carbocycles. The highest BCUT2D eigenvalue weighted by atomic mass is 16.5. The van der Waals surface area contributed by atoms with Gasteiger partial charge in [0.15, 0.2) is 0 Å². The third kappa shape index (κ3) is 4.03. The van der Waals surface area contributed by atoms with Gasteiger partial charge in [-0.25, -0.2) is 4.79 Å². The van der Waals surface area contributed by atoms with Gasteiger partial charge in [0.05, 0.1) is 12.2 Å². The zero-order valence-corrected chi connectivity index (χ0v) is 11.8. The summed E-state index contributed by atoms with van der Waals surface area (Å²) < 4.78 is 5.22. The number of aliphatic hydroxyl groups is 1. The maximum Gasteiger partial charge on any atom is 0.329 e. The number of ketones is 1. The van der Waals surface area contributed by atoms with Crippen LogP contribution in [0.1, 0.15) is 51.4 Å². The molecule has 5 heteroatoms. The first-order chi connectivity index (χ1) is 9.58. The van der Waals surface area contributed by atoms with Crippen molar-refractivity contribution in [1.82, 2.24) is 0 Å². The lowest BCUT2D eigenvalue weighted by Gasteiger charge is -2.34. The third-order valence-electron chi connectivity index (χ3n) is 4.58. The number of aliphatic carboxylic acids is 1. The minimum atomic E-state index is -1.00. The Morgan fingerprint density at radius 2 is 1.75 bits per heavy atom. The van der Waals surface area contributed by atoms with E-state index in [1.54, 1.807) is 0 Å². The van der Waals surface area contributed by atoms with Crippen molar-refractivity contribution in [2.75, 3.05) is 6.61 Å². The van der Waals surface area contributed by atoms with E-state index < -0.39 is 12.1 Å². The summed E-state index contributed by atoms with van der Waals surface area (Å²) in [5, 5.41) is 18.7. The van der Waals surface area contributed by atoms with Crippen LogP contribution < -0.4 is 0 Å². The Balaban J connectivity index is 1.82. The largest absolute Gasteiger partial charge is 0.480 e. The number of carboxylic acids is 1. The lowest BCUT2D eigenvalue weighted by molar-refractivity contribution is -0.148. The first-order valence-electron chi connectivity index (χ1n) is 7.63. The number of ether oxygens (including phenoxy) is 1. The van der Waals surface area contributed by atoms with E-state index in [1.165, 1.54) is 6.42 Å². The van der Waals surface area contributed by atoms with Crippen LogP contribution in [-0.4, -0.2) is 40.8 Å². The van der Waals surface area contributed by atoms with Gasteiger partial charge < -0.3 is 14.9 Å². The topological polar surface area (TPSA) is 83.8 Å². The van der Waals surface area contributed by atoms with Crippen LogP contribution >= 0.6 is 0 Å². The van der Waals surface area contributed by atoms with Crippen molar-refractivity contribution in [3.05, 3.63) is 0 Å². The predicted molar refractivity (Wildman–Crippen MR) is 72.3 cm³/mol. The summed E-state index contributed by atoms with van der Waals surface area (Å²) in [5.41, 5.74) is 0. The van der Waals surface area contributed by atoms with Crippen LogP contribution in [0.5, 0.6) is 0 Å². The molecule has 2 N–H and O–H groups in total. The molecule has 0 bridgehead atoms. The normalized spacial score (nSPS) is 31.9. The van der Waals surface area contributed by atoms with Crippen molar-refractivity contribution in [2.45, 2.75) is 63.6 Å². The monoisotopic (exact) mass is 284 g/mol. The minimum Gasteiger partial charge on any atom is -0.480 e. The van der Waals surface area contributed by atoms with Crippen LogP contribution in [0.15, 0.2) is 0 Å². The molecule has 2 saturated carbocycles. The molecular formula is C15H24O5. The van der Waals surface area contributed by atoms with Gasteiger partial charge in [-0.1, -0.05) is 19.3 Å². The van der Waals surface area contributed by atoms with Crippen molar-refractivity contribution >= 4 is 11.8 Å². The highest BCUT2D eigenvalue weighted by Gasteiger charge is 2.37. The maximum atomic E-state index is 12.4. The molecule has 0 aromatic rings. The molecule has 0 aromatic heterocycles. The van der Waals surface area contributed by atoms with Gasteiger partial charge in [0.1, 0.15) is 12.4 Å². The number of aliphatic hydroxyl groups excluding tert-OH is 1. The fourth-order valence-corrected chi connectivity index (χ4v) is 3.47. The van der Waals surface area contributed by atoms with E-state index in [2.05, 4.69) is 0 Å². The Bertz CT molecular complexity index is 348. The molecule has 3 unspecified atom stereocenters. The molecule has 0 heterocycles. The highest BCUT2D eigenvalue weighted by Crippen LogP contribution is 2.33. The van der Waals surface area contributed by atoms with Crippen molar-refractivity contribution in [2.24, 2.45) is 11.8 Å². The second-order valence-corrected chi connectivity index (χ2v) is 6.05. The number of carbonyl (C=O) groups is 2. The van der Waals surface area contributed by atoms with Crippen molar-refractivity contribution in [1.29, 1.82) is 0 Å². The summed E-state index contributed by atoms with van der Waals surface area (Å²) >= 11 is 0. The molecular weight excluding hydrogens is 260 g/mol. The van der Waals surface area contributed by atoms with Crippen molar-refractivity contribution in [3.63, 3.8) is 0 Å². The maximum absolute atomic E-state index is 12.4. The van der Waals surface area contributed by atoms with E-state index in [-0.39, 0.29) is 30.3 Å². The lowest BCUT2D eigenvalue weighted by Crippen LogP contribution is -2.41. The minimum absolute atomic E-state index is 0.125. The van der Waals surface area contributed by atoms with Gasteiger partial charge in [0.25, 0.3) is 0 Å². The summed E-state index contributed by atoms with van der Waals surface area (Å²) in [6.07, 6.45) is 6.08. The standard InChI is InChI=1S/C15H24O5/c16-13-8-11(20-9-14(17)18)6-7-12(13)15(19)10-4-2-1-3-5-10/h10-13,16H,1-9H2,(H,17,18). The first kappa shape index (κ1) is 15.4. The van der Waals surface area contributed by atoms with Crippen LogP contribution in [0.4, 0.5) is 0 Å². The van der Waals surface area contributed by atoms with Crippen LogP contribution in [0.3, 0.4) is 0 Å². The number of hydrogen-bond donors (Lipinski definition) is 2. The van der Waals surface area contributed by atoms with Gasteiger partial charge in [0.2, 0.25) is 0 Å².